The van der Waals surface area contributed by atoms with Crippen molar-refractivity contribution < 1.29 is 8.81 Å². The van der Waals surface area contributed by atoms with E-state index in [0.29, 0.717) is 18.3 Å². The van der Waals surface area contributed by atoms with E-state index in [1.165, 1.54) is 37.0 Å². The SMILES string of the molecule is N#Cc1nc(/C=C/c2ccc(F)cc2)oc1NCC(c1ccccc1)N1CCCCC1. The maximum absolute atomic E-state index is 13.1. The van der Waals surface area contributed by atoms with Crippen molar-refractivity contribution in [1.29, 1.82) is 5.26 Å². The number of aromatic nitrogens is 1. The molecule has 1 aliphatic heterocycles. The molecule has 1 aromatic heterocycles. The lowest BCUT2D eigenvalue weighted by atomic mass is 10.0. The summed E-state index contributed by atoms with van der Waals surface area (Å²) >= 11 is 0. The molecule has 1 fully saturated rings. The normalized spacial score (nSPS) is 15.6. The Kier molecular flexibility index (Phi) is 6.75. The summed E-state index contributed by atoms with van der Waals surface area (Å²) in [6.07, 6.45) is 7.13. The molecule has 158 valence electrons. The molecule has 0 spiro atoms. The standard InChI is InChI=1S/C25H25FN4O/c26-21-12-9-19(10-13-21)11-14-24-29-22(17-27)25(31-24)28-18-23(20-7-3-1-4-8-20)30-15-5-2-6-16-30/h1,3-4,7-14,23,28H,2,5-6,15-16,18H2/b14-11+. The van der Waals surface area contributed by atoms with Crippen LogP contribution in [0.2, 0.25) is 0 Å². The van der Waals surface area contributed by atoms with Gasteiger partial charge in [-0.15, -0.1) is 0 Å². The van der Waals surface area contributed by atoms with E-state index in [9.17, 15) is 9.65 Å². The first-order valence-electron chi connectivity index (χ1n) is 10.6. The lowest BCUT2D eigenvalue weighted by molar-refractivity contribution is 0.170. The van der Waals surface area contributed by atoms with Gasteiger partial charge in [0.05, 0.1) is 6.04 Å². The second kappa shape index (κ2) is 10.1. The minimum Gasteiger partial charge on any atom is -0.420 e. The highest BCUT2D eigenvalue weighted by Gasteiger charge is 2.23. The van der Waals surface area contributed by atoms with Crippen LogP contribution in [0.1, 0.15) is 48.0 Å². The number of nitrogens with zero attached hydrogens (tertiary/aromatic N) is 3. The van der Waals surface area contributed by atoms with E-state index in [1.54, 1.807) is 24.3 Å². The van der Waals surface area contributed by atoms with Crippen molar-refractivity contribution in [2.45, 2.75) is 25.3 Å². The second-order valence-electron chi connectivity index (χ2n) is 7.63. The summed E-state index contributed by atoms with van der Waals surface area (Å²) in [5.41, 5.74) is 2.29. The van der Waals surface area contributed by atoms with Gasteiger partial charge in [0.2, 0.25) is 17.5 Å². The number of anilines is 1. The highest BCUT2D eigenvalue weighted by Crippen LogP contribution is 2.26. The molecule has 0 radical (unpaired) electrons. The van der Waals surface area contributed by atoms with E-state index in [1.807, 2.05) is 6.07 Å². The van der Waals surface area contributed by atoms with Gasteiger partial charge in [-0.3, -0.25) is 4.90 Å². The van der Waals surface area contributed by atoms with Gasteiger partial charge in [-0.25, -0.2) is 4.39 Å². The third-order valence-electron chi connectivity index (χ3n) is 5.51. The van der Waals surface area contributed by atoms with Gasteiger partial charge in [0.1, 0.15) is 11.9 Å². The molecule has 31 heavy (non-hydrogen) atoms. The van der Waals surface area contributed by atoms with E-state index in [-0.39, 0.29) is 17.6 Å². The molecular weight excluding hydrogens is 391 g/mol. The Labute approximate surface area is 181 Å². The monoisotopic (exact) mass is 416 g/mol. The van der Waals surface area contributed by atoms with Crippen LogP contribution in [-0.4, -0.2) is 29.5 Å². The number of hydrogen-bond acceptors (Lipinski definition) is 5. The Hall–Kier alpha value is -3.43. The van der Waals surface area contributed by atoms with Crippen LogP contribution in [0.4, 0.5) is 10.3 Å². The minimum atomic E-state index is -0.284. The van der Waals surface area contributed by atoms with Crippen molar-refractivity contribution in [2.75, 3.05) is 25.0 Å². The number of halogens is 1. The fraction of sp³-hybridized carbons (Fsp3) is 0.280. The minimum absolute atomic E-state index is 0.191. The Balaban J connectivity index is 1.49. The van der Waals surface area contributed by atoms with Crippen LogP contribution in [-0.2, 0) is 0 Å². The molecule has 1 unspecified atom stereocenters. The van der Waals surface area contributed by atoms with Crippen LogP contribution < -0.4 is 5.32 Å². The molecule has 2 heterocycles. The maximum Gasteiger partial charge on any atom is 0.232 e. The molecule has 0 aliphatic carbocycles. The van der Waals surface area contributed by atoms with Crippen LogP contribution in [0.5, 0.6) is 0 Å². The maximum atomic E-state index is 13.1. The predicted octanol–water partition coefficient (Wildman–Crippen LogP) is 5.49. The first kappa shape index (κ1) is 20.8. The van der Waals surface area contributed by atoms with Gasteiger partial charge in [-0.1, -0.05) is 48.9 Å². The van der Waals surface area contributed by atoms with Gasteiger partial charge in [-0.05, 0) is 55.3 Å². The van der Waals surface area contributed by atoms with E-state index in [4.69, 9.17) is 4.42 Å². The van der Waals surface area contributed by atoms with Gasteiger partial charge < -0.3 is 9.73 Å². The lowest BCUT2D eigenvalue weighted by Crippen LogP contribution is -2.37. The third-order valence-corrected chi connectivity index (χ3v) is 5.51. The molecule has 4 rings (SSSR count). The zero-order chi connectivity index (χ0) is 21.5. The average molecular weight is 417 g/mol. The average Bonchev–Trinajstić information content (AvgIpc) is 3.22. The van der Waals surface area contributed by atoms with Crippen LogP contribution in [0.15, 0.2) is 59.0 Å². The van der Waals surface area contributed by atoms with Crippen molar-refractivity contribution in [2.24, 2.45) is 0 Å². The number of benzene rings is 2. The number of nitrogens with one attached hydrogen (secondary N) is 1. The number of rotatable bonds is 7. The molecule has 3 aromatic rings. The zero-order valence-corrected chi connectivity index (χ0v) is 17.3. The van der Waals surface area contributed by atoms with Gasteiger partial charge in [0.15, 0.2) is 0 Å². The fourth-order valence-electron chi connectivity index (χ4n) is 3.90. The van der Waals surface area contributed by atoms with Crippen molar-refractivity contribution >= 4 is 18.0 Å². The summed E-state index contributed by atoms with van der Waals surface area (Å²) < 4.78 is 18.9. The van der Waals surface area contributed by atoms with E-state index in [2.05, 4.69) is 45.5 Å². The highest BCUT2D eigenvalue weighted by atomic mass is 19.1. The smallest absolute Gasteiger partial charge is 0.232 e. The number of hydrogen-bond donors (Lipinski definition) is 1. The fourth-order valence-corrected chi connectivity index (χ4v) is 3.90. The first-order valence-corrected chi connectivity index (χ1v) is 10.6. The molecular formula is C25H25FN4O. The Morgan fingerprint density at radius 1 is 1.06 bits per heavy atom. The van der Waals surface area contributed by atoms with Crippen molar-refractivity contribution in [3.05, 3.63) is 83.1 Å². The van der Waals surface area contributed by atoms with Crippen molar-refractivity contribution in [1.82, 2.24) is 9.88 Å². The van der Waals surface area contributed by atoms with E-state index in [0.717, 1.165) is 18.7 Å². The Bertz CT molecular complexity index is 1050. The molecule has 1 atom stereocenters. The van der Waals surface area contributed by atoms with Crippen LogP contribution >= 0.6 is 0 Å². The molecule has 0 amide bonds. The largest absolute Gasteiger partial charge is 0.420 e. The quantitative estimate of drug-likeness (QED) is 0.551. The van der Waals surface area contributed by atoms with E-state index >= 15 is 0 Å². The summed E-state index contributed by atoms with van der Waals surface area (Å²) in [7, 11) is 0. The predicted molar refractivity (Wildman–Crippen MR) is 120 cm³/mol. The highest BCUT2D eigenvalue weighted by molar-refractivity contribution is 5.67. The Morgan fingerprint density at radius 2 is 1.81 bits per heavy atom. The van der Waals surface area contributed by atoms with Gasteiger partial charge in [0, 0.05) is 12.6 Å². The topological polar surface area (TPSA) is 65.1 Å². The van der Waals surface area contributed by atoms with Gasteiger partial charge >= 0.3 is 0 Å². The van der Waals surface area contributed by atoms with Crippen LogP contribution in [0.3, 0.4) is 0 Å². The van der Waals surface area contributed by atoms with Gasteiger partial charge in [0.25, 0.3) is 0 Å². The van der Waals surface area contributed by atoms with E-state index < -0.39 is 0 Å². The summed E-state index contributed by atoms with van der Waals surface area (Å²) in [5.74, 6) is 0.421. The molecule has 0 saturated carbocycles. The molecule has 0 bridgehead atoms. The number of nitriles is 1. The first-order chi connectivity index (χ1) is 15.2. The molecule has 1 saturated heterocycles. The number of likely N-dealkylation sites (tertiary alicyclic amines) is 1. The summed E-state index contributed by atoms with van der Waals surface area (Å²) in [6, 6.07) is 18.8. The second-order valence-corrected chi connectivity index (χ2v) is 7.63. The van der Waals surface area contributed by atoms with Crippen molar-refractivity contribution in [3.8, 4) is 6.07 Å². The zero-order valence-electron chi connectivity index (χ0n) is 17.3. The summed E-state index contributed by atoms with van der Waals surface area (Å²) in [5, 5.41) is 12.8. The lowest BCUT2D eigenvalue weighted by Gasteiger charge is -2.35. The Morgan fingerprint density at radius 3 is 2.52 bits per heavy atom. The molecule has 1 N–H and O–H groups in total. The molecule has 1 aliphatic rings. The molecule has 6 heteroatoms. The summed E-state index contributed by atoms with van der Waals surface area (Å²) in [6.45, 7) is 2.75. The van der Waals surface area contributed by atoms with Crippen LogP contribution in [0, 0.1) is 17.1 Å². The molecule has 2 aromatic carbocycles. The third kappa shape index (κ3) is 5.39. The number of oxazole rings is 1. The molecule has 5 nitrogen and oxygen atoms in total. The van der Waals surface area contributed by atoms with Crippen LogP contribution in [0.25, 0.3) is 12.2 Å². The number of piperidine rings is 1. The van der Waals surface area contributed by atoms with Crippen molar-refractivity contribution in [3.63, 3.8) is 0 Å². The van der Waals surface area contributed by atoms with Gasteiger partial charge in [-0.2, -0.15) is 10.2 Å². The summed E-state index contributed by atoms with van der Waals surface area (Å²) in [4.78, 5) is 6.75.